The van der Waals surface area contributed by atoms with Crippen LogP contribution >= 0.6 is 0 Å². The Morgan fingerprint density at radius 2 is 1.37 bits per heavy atom. The molecular weight excluding hydrogens is 238 g/mol. The zero-order chi connectivity index (χ0) is 13.7. The number of nitrogens with zero attached hydrogens (tertiary/aromatic N) is 1. The number of nitriles is 1. The Balaban J connectivity index is 2.02. The van der Waals surface area contributed by atoms with Crippen LogP contribution in [0.2, 0.25) is 0 Å². The van der Waals surface area contributed by atoms with Crippen molar-refractivity contribution in [3.05, 3.63) is 54.1 Å². The van der Waals surface area contributed by atoms with Crippen LogP contribution in [0.1, 0.15) is 12.5 Å². The zero-order valence-electron chi connectivity index (χ0n) is 11.0. The highest BCUT2D eigenvalue weighted by Gasteiger charge is 2.02. The second kappa shape index (κ2) is 5.92. The van der Waals surface area contributed by atoms with Crippen LogP contribution in [0.15, 0.2) is 48.5 Å². The first-order chi connectivity index (χ1) is 9.17. The van der Waals surface area contributed by atoms with Gasteiger partial charge in [-0.1, -0.05) is 17.7 Å². The number of hydrogen-bond acceptors (Lipinski definition) is 3. The minimum atomic E-state index is -0.455. The van der Waals surface area contributed by atoms with Crippen LogP contribution in [0.5, 0.6) is 17.2 Å². The Morgan fingerprint density at radius 1 is 0.895 bits per heavy atom. The topological polar surface area (TPSA) is 42.2 Å². The number of ether oxygens (including phenoxy) is 2. The normalized spacial score (nSPS) is 11.4. The van der Waals surface area contributed by atoms with Crippen LogP contribution < -0.4 is 9.47 Å². The van der Waals surface area contributed by atoms with Gasteiger partial charge < -0.3 is 9.47 Å². The van der Waals surface area contributed by atoms with Crippen molar-refractivity contribution >= 4 is 0 Å². The van der Waals surface area contributed by atoms with Gasteiger partial charge in [-0.25, -0.2) is 0 Å². The molecule has 2 aromatic carbocycles. The smallest absolute Gasteiger partial charge is 0.181 e. The SMILES string of the molecule is Cc1ccc(Oc2ccc(OC(C)C#N)cc2)cc1. The maximum absolute atomic E-state index is 8.67. The third kappa shape index (κ3) is 3.75. The van der Waals surface area contributed by atoms with Gasteiger partial charge in [0.25, 0.3) is 0 Å². The minimum Gasteiger partial charge on any atom is -0.476 e. The molecule has 0 radical (unpaired) electrons. The van der Waals surface area contributed by atoms with E-state index in [2.05, 4.69) is 0 Å². The minimum absolute atomic E-state index is 0.455. The van der Waals surface area contributed by atoms with E-state index in [-0.39, 0.29) is 0 Å². The van der Waals surface area contributed by atoms with Crippen LogP contribution in [0.4, 0.5) is 0 Å². The van der Waals surface area contributed by atoms with Gasteiger partial charge in [-0.2, -0.15) is 5.26 Å². The molecule has 0 bridgehead atoms. The summed E-state index contributed by atoms with van der Waals surface area (Å²) >= 11 is 0. The first kappa shape index (κ1) is 13.0. The van der Waals surface area contributed by atoms with Gasteiger partial charge >= 0.3 is 0 Å². The lowest BCUT2D eigenvalue weighted by atomic mass is 10.2. The molecule has 2 aromatic rings. The molecule has 0 aromatic heterocycles. The second-order valence-electron chi connectivity index (χ2n) is 4.28. The summed E-state index contributed by atoms with van der Waals surface area (Å²) in [6, 6.07) is 17.1. The average molecular weight is 253 g/mol. The molecule has 0 spiro atoms. The molecule has 0 aliphatic carbocycles. The summed E-state index contributed by atoms with van der Waals surface area (Å²) in [6.45, 7) is 3.74. The molecule has 0 fully saturated rings. The van der Waals surface area contributed by atoms with Gasteiger partial charge in [-0.3, -0.25) is 0 Å². The molecule has 0 saturated heterocycles. The standard InChI is InChI=1S/C16H15NO2/c1-12-3-5-15(6-4-12)19-16-9-7-14(8-10-16)18-13(2)11-17/h3-10,13H,1-2H3. The summed E-state index contributed by atoms with van der Waals surface area (Å²) in [4.78, 5) is 0. The van der Waals surface area contributed by atoms with Crippen molar-refractivity contribution in [3.8, 4) is 23.3 Å². The second-order valence-corrected chi connectivity index (χ2v) is 4.28. The van der Waals surface area contributed by atoms with Crippen molar-refractivity contribution in [2.24, 2.45) is 0 Å². The molecule has 19 heavy (non-hydrogen) atoms. The van der Waals surface area contributed by atoms with E-state index in [1.807, 2.05) is 49.4 Å². The number of rotatable bonds is 4. The molecule has 3 heteroatoms. The van der Waals surface area contributed by atoms with Crippen molar-refractivity contribution in [2.75, 3.05) is 0 Å². The Bertz CT molecular complexity index is 567. The van der Waals surface area contributed by atoms with Crippen LogP contribution in [-0.2, 0) is 0 Å². The average Bonchev–Trinajstić information content (AvgIpc) is 2.43. The molecule has 0 aliphatic heterocycles. The van der Waals surface area contributed by atoms with Crippen molar-refractivity contribution in [2.45, 2.75) is 20.0 Å². The molecule has 3 nitrogen and oxygen atoms in total. The van der Waals surface area contributed by atoms with Gasteiger partial charge in [0.15, 0.2) is 6.10 Å². The predicted octanol–water partition coefficient (Wildman–Crippen LogP) is 4.08. The maximum atomic E-state index is 8.67. The summed E-state index contributed by atoms with van der Waals surface area (Å²) in [6.07, 6.45) is -0.455. The first-order valence-corrected chi connectivity index (χ1v) is 6.08. The highest BCUT2D eigenvalue weighted by molar-refractivity contribution is 5.36. The quantitative estimate of drug-likeness (QED) is 0.824. The monoisotopic (exact) mass is 253 g/mol. The molecule has 0 saturated carbocycles. The van der Waals surface area contributed by atoms with Crippen LogP contribution in [0.25, 0.3) is 0 Å². The highest BCUT2D eigenvalue weighted by Crippen LogP contribution is 2.24. The van der Waals surface area contributed by atoms with Crippen molar-refractivity contribution in [3.63, 3.8) is 0 Å². The van der Waals surface area contributed by atoms with Gasteiger partial charge in [-0.05, 0) is 50.2 Å². The molecule has 0 heterocycles. The fraction of sp³-hybridized carbons (Fsp3) is 0.188. The Labute approximate surface area is 113 Å². The molecule has 0 amide bonds. The van der Waals surface area contributed by atoms with Gasteiger partial charge in [0.1, 0.15) is 23.3 Å². The number of benzene rings is 2. The summed E-state index contributed by atoms with van der Waals surface area (Å²) < 4.78 is 11.1. The third-order valence-corrected chi connectivity index (χ3v) is 2.58. The van der Waals surface area contributed by atoms with Crippen LogP contribution in [-0.4, -0.2) is 6.10 Å². The van der Waals surface area contributed by atoms with E-state index < -0.39 is 6.10 Å². The number of hydrogen-bond donors (Lipinski definition) is 0. The maximum Gasteiger partial charge on any atom is 0.181 e. The molecule has 1 atom stereocenters. The third-order valence-electron chi connectivity index (χ3n) is 2.58. The van der Waals surface area contributed by atoms with Gasteiger partial charge in [-0.15, -0.1) is 0 Å². The Morgan fingerprint density at radius 3 is 1.89 bits per heavy atom. The van der Waals surface area contributed by atoms with Crippen LogP contribution in [0, 0.1) is 18.3 Å². The molecule has 96 valence electrons. The van der Waals surface area contributed by atoms with E-state index in [4.69, 9.17) is 14.7 Å². The van der Waals surface area contributed by atoms with Crippen LogP contribution in [0.3, 0.4) is 0 Å². The fourth-order valence-corrected chi connectivity index (χ4v) is 1.56. The lowest BCUT2D eigenvalue weighted by molar-refractivity contribution is 0.276. The lowest BCUT2D eigenvalue weighted by Crippen LogP contribution is -2.07. The van der Waals surface area contributed by atoms with Crippen molar-refractivity contribution in [1.82, 2.24) is 0 Å². The van der Waals surface area contributed by atoms with E-state index in [1.165, 1.54) is 5.56 Å². The molecule has 0 aliphatic rings. The summed E-state index contributed by atoms with van der Waals surface area (Å²) in [5.41, 5.74) is 1.20. The summed E-state index contributed by atoms with van der Waals surface area (Å²) in [5.74, 6) is 2.19. The first-order valence-electron chi connectivity index (χ1n) is 6.08. The van der Waals surface area contributed by atoms with Gasteiger partial charge in [0.05, 0.1) is 0 Å². The van der Waals surface area contributed by atoms with E-state index >= 15 is 0 Å². The predicted molar refractivity (Wildman–Crippen MR) is 73.4 cm³/mol. The molecule has 1 unspecified atom stereocenters. The molecular formula is C16H15NO2. The molecule has 0 N–H and O–H groups in total. The summed E-state index contributed by atoms with van der Waals surface area (Å²) in [7, 11) is 0. The van der Waals surface area contributed by atoms with Gasteiger partial charge in [0, 0.05) is 0 Å². The Kier molecular flexibility index (Phi) is 4.04. The van der Waals surface area contributed by atoms with E-state index in [1.54, 1.807) is 19.1 Å². The van der Waals surface area contributed by atoms with Crippen molar-refractivity contribution in [1.29, 1.82) is 5.26 Å². The zero-order valence-corrected chi connectivity index (χ0v) is 11.0. The van der Waals surface area contributed by atoms with Crippen molar-refractivity contribution < 1.29 is 9.47 Å². The van der Waals surface area contributed by atoms with E-state index in [9.17, 15) is 0 Å². The highest BCUT2D eigenvalue weighted by atomic mass is 16.5. The fourth-order valence-electron chi connectivity index (χ4n) is 1.56. The van der Waals surface area contributed by atoms with Gasteiger partial charge in [0.2, 0.25) is 0 Å². The number of aryl methyl sites for hydroxylation is 1. The van der Waals surface area contributed by atoms with E-state index in [0.717, 1.165) is 11.5 Å². The summed E-state index contributed by atoms with van der Waals surface area (Å²) in [5, 5.41) is 8.67. The lowest BCUT2D eigenvalue weighted by Gasteiger charge is -2.09. The largest absolute Gasteiger partial charge is 0.476 e. The Hall–Kier alpha value is -2.47. The van der Waals surface area contributed by atoms with E-state index in [0.29, 0.717) is 5.75 Å². The molecule has 2 rings (SSSR count).